The molecule has 3 rings (SSSR count). The fourth-order valence-corrected chi connectivity index (χ4v) is 4.05. The van der Waals surface area contributed by atoms with Crippen LogP contribution in [0.2, 0.25) is 0 Å². The van der Waals surface area contributed by atoms with Crippen LogP contribution in [0.4, 0.5) is 0 Å². The third kappa shape index (κ3) is 6.53. The number of aryl methyl sites for hydroxylation is 1. The molecule has 35 heavy (non-hydrogen) atoms. The second-order valence-corrected chi connectivity index (χ2v) is 10.9. The Morgan fingerprint density at radius 1 is 1.23 bits per heavy atom. The third-order valence-corrected chi connectivity index (χ3v) is 6.62. The molecule has 0 aromatic carbocycles. The van der Waals surface area contributed by atoms with Crippen LogP contribution >= 0.6 is 0 Å². The molecule has 11 nitrogen and oxygen atoms in total. The zero-order chi connectivity index (χ0) is 26.1. The van der Waals surface area contributed by atoms with E-state index in [0.717, 1.165) is 0 Å². The first kappa shape index (κ1) is 27.9. The van der Waals surface area contributed by atoms with Gasteiger partial charge in [0.25, 0.3) is 0 Å². The molecule has 2 saturated heterocycles. The Hall–Kier alpha value is -1.73. The Bertz CT molecular complexity index is 882. The van der Waals surface area contributed by atoms with E-state index in [9.17, 15) is 20.1 Å². The van der Waals surface area contributed by atoms with Crippen molar-refractivity contribution < 1.29 is 39.1 Å². The topological polar surface area (TPSA) is 145 Å². The molecule has 2 aliphatic heterocycles. The van der Waals surface area contributed by atoms with Crippen LogP contribution in [0.1, 0.15) is 53.7 Å². The van der Waals surface area contributed by atoms with Crippen molar-refractivity contribution in [3.05, 3.63) is 24.5 Å². The van der Waals surface area contributed by atoms with Crippen molar-refractivity contribution in [2.24, 2.45) is 5.41 Å². The van der Waals surface area contributed by atoms with E-state index < -0.39 is 54.1 Å². The van der Waals surface area contributed by atoms with Crippen LogP contribution in [0.3, 0.4) is 0 Å². The molecule has 1 aromatic heterocycles. The number of hydrogen-bond donors (Lipinski definition) is 3. The fourth-order valence-electron chi connectivity index (χ4n) is 4.05. The van der Waals surface area contributed by atoms with Gasteiger partial charge < -0.3 is 34.3 Å². The van der Waals surface area contributed by atoms with E-state index in [0.29, 0.717) is 12.1 Å². The third-order valence-electron chi connectivity index (χ3n) is 6.62. The van der Waals surface area contributed by atoms with Crippen molar-refractivity contribution in [1.82, 2.24) is 15.0 Å². The number of aliphatic hydroxyl groups excluding tert-OH is 3. The summed E-state index contributed by atoms with van der Waals surface area (Å²) in [5.74, 6) is -0.0878. The summed E-state index contributed by atoms with van der Waals surface area (Å²) in [5, 5.41) is 40.7. The highest BCUT2D eigenvalue weighted by Crippen LogP contribution is 2.40. The normalized spacial score (nSPS) is 35.2. The Balaban J connectivity index is 1.79. The first-order valence-electron chi connectivity index (χ1n) is 12.0. The number of nitrogens with zero attached hydrogens (tertiary/aromatic N) is 3. The molecule has 0 amide bonds. The van der Waals surface area contributed by atoms with Crippen molar-refractivity contribution in [1.29, 1.82) is 0 Å². The van der Waals surface area contributed by atoms with E-state index in [1.807, 2.05) is 41.5 Å². The van der Waals surface area contributed by atoms with Crippen LogP contribution in [0.25, 0.3) is 0 Å². The van der Waals surface area contributed by atoms with Crippen molar-refractivity contribution >= 4 is 5.78 Å². The molecule has 198 valence electrons. The minimum Gasteiger partial charge on any atom is -0.387 e. The Kier molecular flexibility index (Phi) is 8.53. The summed E-state index contributed by atoms with van der Waals surface area (Å²) >= 11 is 0. The fraction of sp³-hybridized carbons (Fsp3) is 0.792. The van der Waals surface area contributed by atoms with Crippen molar-refractivity contribution in [2.45, 2.75) is 116 Å². The summed E-state index contributed by atoms with van der Waals surface area (Å²) in [7, 11) is 0. The number of carbonyl (C=O) groups excluding carboxylic acids is 1. The van der Waals surface area contributed by atoms with Gasteiger partial charge >= 0.3 is 0 Å². The van der Waals surface area contributed by atoms with E-state index >= 15 is 0 Å². The van der Waals surface area contributed by atoms with Crippen LogP contribution in [0.15, 0.2) is 18.9 Å². The molecule has 2 fully saturated rings. The maximum Gasteiger partial charge on any atom is 0.187 e. The van der Waals surface area contributed by atoms with Gasteiger partial charge in [0.1, 0.15) is 30.5 Å². The summed E-state index contributed by atoms with van der Waals surface area (Å²) < 4.78 is 25.3. The van der Waals surface area contributed by atoms with Gasteiger partial charge in [0.15, 0.2) is 18.4 Å². The minimum atomic E-state index is -1.39. The molecule has 8 atom stereocenters. The summed E-state index contributed by atoms with van der Waals surface area (Å²) in [6.07, 6.45) is -4.41. The highest BCUT2D eigenvalue weighted by molar-refractivity contribution is 5.89. The Morgan fingerprint density at radius 3 is 2.49 bits per heavy atom. The minimum absolute atomic E-state index is 0.0878. The zero-order valence-electron chi connectivity index (χ0n) is 21.3. The molecule has 0 spiro atoms. The molecular weight excluding hydrogens is 458 g/mol. The monoisotopic (exact) mass is 497 g/mol. The van der Waals surface area contributed by atoms with E-state index in [2.05, 4.69) is 16.9 Å². The number of allylic oxidation sites excluding steroid dienone is 1. The lowest BCUT2D eigenvalue weighted by molar-refractivity contribution is -0.341. The van der Waals surface area contributed by atoms with Crippen LogP contribution in [0.5, 0.6) is 0 Å². The molecule has 0 saturated carbocycles. The molecule has 2 aliphatic rings. The van der Waals surface area contributed by atoms with Crippen LogP contribution in [0, 0.1) is 5.41 Å². The summed E-state index contributed by atoms with van der Waals surface area (Å²) in [6.45, 7) is 14.6. The molecule has 0 aliphatic carbocycles. The molecule has 0 radical (unpaired) electrons. The average molecular weight is 498 g/mol. The predicted octanol–water partition coefficient (Wildman–Crippen LogP) is 0.745. The lowest BCUT2D eigenvalue weighted by atomic mass is 9.84. The molecule has 11 heteroatoms. The van der Waals surface area contributed by atoms with Crippen molar-refractivity contribution in [3.63, 3.8) is 0 Å². The first-order chi connectivity index (χ1) is 16.2. The van der Waals surface area contributed by atoms with Crippen LogP contribution in [-0.2, 0) is 36.7 Å². The van der Waals surface area contributed by atoms with Crippen LogP contribution in [-0.4, -0.2) is 90.9 Å². The lowest BCUT2D eigenvalue weighted by Gasteiger charge is -2.44. The molecule has 3 N–H and O–H groups in total. The molecule has 0 bridgehead atoms. The van der Waals surface area contributed by atoms with E-state index in [1.54, 1.807) is 6.20 Å². The summed E-state index contributed by atoms with van der Waals surface area (Å²) in [5.41, 5.74) is -0.603. The molecule has 3 heterocycles. The number of aliphatic hydroxyl groups is 3. The van der Waals surface area contributed by atoms with E-state index in [4.69, 9.17) is 18.9 Å². The van der Waals surface area contributed by atoms with Crippen molar-refractivity contribution in [2.75, 3.05) is 0 Å². The number of ether oxygens (including phenoxy) is 4. The second kappa shape index (κ2) is 10.7. The SMILES string of the molecule is C=CC(=O)CCc1cn(CC2OC(OC(C)(C)C)C(O)C(O)C2OC2OC(C)C(C)(C)C2O)nn1. The van der Waals surface area contributed by atoms with E-state index in [1.165, 1.54) is 10.8 Å². The maximum atomic E-state index is 11.5. The van der Waals surface area contributed by atoms with Gasteiger partial charge in [-0.05, 0) is 33.8 Å². The summed E-state index contributed by atoms with van der Waals surface area (Å²) in [4.78, 5) is 11.5. The largest absolute Gasteiger partial charge is 0.387 e. The van der Waals surface area contributed by atoms with Gasteiger partial charge in [-0.1, -0.05) is 25.6 Å². The van der Waals surface area contributed by atoms with Gasteiger partial charge in [-0.2, -0.15) is 0 Å². The quantitative estimate of drug-likeness (QED) is 0.418. The maximum absolute atomic E-state index is 11.5. The number of rotatable bonds is 9. The predicted molar refractivity (Wildman–Crippen MR) is 124 cm³/mol. The van der Waals surface area contributed by atoms with Gasteiger partial charge in [-0.25, -0.2) is 4.68 Å². The lowest BCUT2D eigenvalue weighted by Crippen LogP contribution is -2.62. The zero-order valence-corrected chi connectivity index (χ0v) is 21.3. The molecular formula is C24H39N3O8. The average Bonchev–Trinajstić information content (AvgIpc) is 3.29. The van der Waals surface area contributed by atoms with Gasteiger partial charge in [0.2, 0.25) is 0 Å². The van der Waals surface area contributed by atoms with Crippen molar-refractivity contribution in [3.8, 4) is 0 Å². The molecule has 8 unspecified atom stereocenters. The number of hydrogen-bond acceptors (Lipinski definition) is 10. The smallest absolute Gasteiger partial charge is 0.187 e. The standard InChI is InChI=1S/C24H39N3O8/c1-8-15(28)10-9-14-11-27(26-25-14)12-16-19(34-22-20(31)24(6,7)13(2)32-22)17(29)18(30)21(33-16)35-23(3,4)5/h8,11,13,16-22,29-31H,1,9-10,12H2,2-7H3. The first-order valence-corrected chi connectivity index (χ1v) is 12.0. The van der Waals surface area contributed by atoms with Gasteiger partial charge in [-0.3, -0.25) is 4.79 Å². The highest BCUT2D eigenvalue weighted by Gasteiger charge is 2.53. The summed E-state index contributed by atoms with van der Waals surface area (Å²) in [6, 6.07) is 0. The van der Waals surface area contributed by atoms with Gasteiger partial charge in [-0.15, -0.1) is 5.10 Å². The van der Waals surface area contributed by atoms with E-state index in [-0.39, 0.29) is 24.9 Å². The number of ketones is 1. The number of carbonyl (C=O) groups is 1. The highest BCUT2D eigenvalue weighted by atomic mass is 16.7. The number of aromatic nitrogens is 3. The van der Waals surface area contributed by atoms with Crippen LogP contribution < -0.4 is 0 Å². The van der Waals surface area contributed by atoms with Gasteiger partial charge in [0.05, 0.1) is 23.9 Å². The Labute approximate surface area is 206 Å². The second-order valence-electron chi connectivity index (χ2n) is 10.9. The van der Waals surface area contributed by atoms with Gasteiger partial charge in [0, 0.05) is 24.5 Å². The Morgan fingerprint density at radius 2 is 1.91 bits per heavy atom. The molecule has 1 aromatic rings.